The summed E-state index contributed by atoms with van der Waals surface area (Å²) in [5, 5.41) is 11.9. The van der Waals surface area contributed by atoms with Gasteiger partial charge < -0.3 is 14.8 Å². The molecule has 0 aromatic heterocycles. The summed E-state index contributed by atoms with van der Waals surface area (Å²) in [5.41, 5.74) is 2.72. The molecule has 0 bridgehead atoms. The van der Waals surface area contributed by atoms with Crippen molar-refractivity contribution in [1.82, 2.24) is 5.32 Å². The Morgan fingerprint density at radius 3 is 2.52 bits per heavy atom. The molecular formula is C20H22N2O3. The van der Waals surface area contributed by atoms with Crippen molar-refractivity contribution < 1.29 is 14.3 Å². The fourth-order valence-electron chi connectivity index (χ4n) is 2.46. The first-order valence-corrected chi connectivity index (χ1v) is 8.14. The minimum absolute atomic E-state index is 0.0560. The number of nitriles is 1. The number of rotatable bonds is 7. The lowest BCUT2D eigenvalue weighted by atomic mass is 10.0. The van der Waals surface area contributed by atoms with Crippen molar-refractivity contribution in [2.45, 2.75) is 26.3 Å². The fourth-order valence-corrected chi connectivity index (χ4v) is 2.46. The minimum Gasteiger partial charge on any atom is -0.493 e. The van der Waals surface area contributed by atoms with Crippen LogP contribution in [0.25, 0.3) is 0 Å². The first kappa shape index (κ1) is 18.3. The zero-order chi connectivity index (χ0) is 18.2. The molecule has 2 rings (SSSR count). The van der Waals surface area contributed by atoms with E-state index in [4.69, 9.17) is 14.7 Å². The summed E-state index contributed by atoms with van der Waals surface area (Å²) in [6, 6.07) is 14.9. The molecule has 1 atom stereocenters. The predicted molar refractivity (Wildman–Crippen MR) is 95.6 cm³/mol. The number of benzene rings is 2. The molecule has 0 saturated carbocycles. The molecule has 0 aliphatic rings. The Balaban J connectivity index is 1.98. The molecule has 5 nitrogen and oxygen atoms in total. The van der Waals surface area contributed by atoms with Crippen molar-refractivity contribution in [1.29, 1.82) is 5.26 Å². The number of nitrogens with one attached hydrogen (secondary N) is 1. The van der Waals surface area contributed by atoms with E-state index >= 15 is 0 Å². The lowest BCUT2D eigenvalue weighted by molar-refractivity contribution is -0.123. The van der Waals surface area contributed by atoms with Crippen molar-refractivity contribution in [2.24, 2.45) is 0 Å². The fraction of sp³-hybridized carbons (Fsp3) is 0.300. The average Bonchev–Trinajstić information content (AvgIpc) is 2.65. The first-order chi connectivity index (χ1) is 12.1. The van der Waals surface area contributed by atoms with Crippen LogP contribution in [0.4, 0.5) is 0 Å². The van der Waals surface area contributed by atoms with Crippen LogP contribution in [0, 0.1) is 18.3 Å². The van der Waals surface area contributed by atoms with E-state index < -0.39 is 0 Å². The third-order valence-corrected chi connectivity index (χ3v) is 3.87. The van der Waals surface area contributed by atoms with Crippen molar-refractivity contribution in [3.05, 3.63) is 59.2 Å². The summed E-state index contributed by atoms with van der Waals surface area (Å²) < 4.78 is 10.7. The van der Waals surface area contributed by atoms with Gasteiger partial charge in [-0.2, -0.15) is 5.26 Å². The molecule has 1 amide bonds. The number of aryl methyl sites for hydroxylation is 1. The first-order valence-electron chi connectivity index (χ1n) is 8.14. The Morgan fingerprint density at radius 1 is 1.20 bits per heavy atom. The largest absolute Gasteiger partial charge is 0.493 e. The number of amides is 1. The van der Waals surface area contributed by atoms with E-state index in [0.717, 1.165) is 12.0 Å². The number of hydrogen-bond donors (Lipinski definition) is 1. The summed E-state index contributed by atoms with van der Waals surface area (Å²) in [6.07, 6.45) is 0.787. The number of nitrogens with zero attached hydrogens (tertiary/aromatic N) is 1. The van der Waals surface area contributed by atoms with Crippen LogP contribution < -0.4 is 14.8 Å². The van der Waals surface area contributed by atoms with Crippen LogP contribution in [0.2, 0.25) is 0 Å². The Labute approximate surface area is 148 Å². The molecule has 0 aliphatic carbocycles. The van der Waals surface area contributed by atoms with E-state index in [0.29, 0.717) is 17.1 Å². The number of ether oxygens (including phenoxy) is 2. The second-order valence-corrected chi connectivity index (χ2v) is 5.71. The normalized spacial score (nSPS) is 11.3. The highest BCUT2D eigenvalue weighted by Gasteiger charge is 2.14. The maximum Gasteiger partial charge on any atom is 0.258 e. The summed E-state index contributed by atoms with van der Waals surface area (Å²) in [5.74, 6) is 0.649. The number of methoxy groups -OCH3 is 1. The van der Waals surface area contributed by atoms with Gasteiger partial charge in [-0.05, 0) is 31.0 Å². The molecule has 0 aliphatic heterocycles. The molecule has 0 fully saturated rings. The van der Waals surface area contributed by atoms with Crippen LogP contribution in [0.1, 0.15) is 36.1 Å². The van der Waals surface area contributed by atoms with E-state index in [2.05, 4.69) is 5.32 Å². The zero-order valence-corrected chi connectivity index (χ0v) is 14.7. The van der Waals surface area contributed by atoms with Crippen LogP contribution in [0.3, 0.4) is 0 Å². The highest BCUT2D eigenvalue weighted by atomic mass is 16.5. The van der Waals surface area contributed by atoms with Gasteiger partial charge in [0.25, 0.3) is 5.91 Å². The van der Waals surface area contributed by atoms with Gasteiger partial charge in [0.05, 0.1) is 24.8 Å². The number of carbonyl (C=O) groups is 1. The van der Waals surface area contributed by atoms with Crippen LogP contribution in [0.5, 0.6) is 11.5 Å². The van der Waals surface area contributed by atoms with Crippen molar-refractivity contribution in [2.75, 3.05) is 13.7 Å². The zero-order valence-electron chi connectivity index (χ0n) is 14.7. The summed E-state index contributed by atoms with van der Waals surface area (Å²) in [7, 11) is 1.49. The minimum atomic E-state index is -0.209. The maximum atomic E-state index is 12.2. The number of hydrogen-bond acceptors (Lipinski definition) is 4. The topological polar surface area (TPSA) is 71.3 Å². The third-order valence-electron chi connectivity index (χ3n) is 3.87. The standard InChI is InChI=1S/C20H22N2O3/c1-4-17(16-8-5-14(2)6-9-16)22-20(23)13-25-18-10-7-15(12-21)11-19(18)24-3/h5-11,17H,4,13H2,1-3H3,(H,22,23)/t17-/m1/s1. The van der Waals surface area contributed by atoms with Gasteiger partial charge in [0.1, 0.15) is 0 Å². The van der Waals surface area contributed by atoms with Crippen molar-refractivity contribution >= 4 is 5.91 Å². The Bertz CT molecular complexity index is 764. The van der Waals surface area contributed by atoms with Crippen LogP contribution in [-0.4, -0.2) is 19.6 Å². The molecule has 0 heterocycles. The molecule has 5 heteroatoms. The van der Waals surface area contributed by atoms with Gasteiger partial charge >= 0.3 is 0 Å². The van der Waals surface area contributed by atoms with Gasteiger partial charge in [0.15, 0.2) is 18.1 Å². The lowest BCUT2D eigenvalue weighted by Gasteiger charge is -2.18. The van der Waals surface area contributed by atoms with E-state index in [1.54, 1.807) is 18.2 Å². The highest BCUT2D eigenvalue weighted by molar-refractivity contribution is 5.78. The molecular weight excluding hydrogens is 316 g/mol. The van der Waals surface area contributed by atoms with E-state index in [-0.39, 0.29) is 18.6 Å². The number of carbonyl (C=O) groups excluding carboxylic acids is 1. The van der Waals surface area contributed by atoms with Gasteiger partial charge in [0, 0.05) is 6.07 Å². The van der Waals surface area contributed by atoms with Crippen LogP contribution >= 0.6 is 0 Å². The Kier molecular flexibility index (Phi) is 6.41. The predicted octanol–water partition coefficient (Wildman–Crippen LogP) is 3.52. The van der Waals surface area contributed by atoms with E-state index in [1.165, 1.54) is 12.7 Å². The second-order valence-electron chi connectivity index (χ2n) is 5.71. The molecule has 130 valence electrons. The van der Waals surface area contributed by atoms with Crippen molar-refractivity contribution in [3.8, 4) is 17.6 Å². The van der Waals surface area contributed by atoms with Gasteiger partial charge in [-0.1, -0.05) is 36.8 Å². The van der Waals surface area contributed by atoms with Crippen LogP contribution in [-0.2, 0) is 4.79 Å². The molecule has 25 heavy (non-hydrogen) atoms. The second kappa shape index (κ2) is 8.74. The van der Waals surface area contributed by atoms with Crippen LogP contribution in [0.15, 0.2) is 42.5 Å². The van der Waals surface area contributed by atoms with Gasteiger partial charge in [-0.25, -0.2) is 0 Å². The lowest BCUT2D eigenvalue weighted by Crippen LogP contribution is -2.32. The van der Waals surface area contributed by atoms with E-state index in [1.807, 2.05) is 44.2 Å². The molecule has 0 spiro atoms. The molecule has 2 aromatic carbocycles. The third kappa shape index (κ3) is 4.98. The molecule has 0 radical (unpaired) electrons. The SMILES string of the molecule is CC[C@@H](NC(=O)COc1ccc(C#N)cc1OC)c1ccc(C)cc1. The highest BCUT2D eigenvalue weighted by Crippen LogP contribution is 2.27. The van der Waals surface area contributed by atoms with Gasteiger partial charge in [-0.3, -0.25) is 4.79 Å². The average molecular weight is 338 g/mol. The Hall–Kier alpha value is -3.00. The summed E-state index contributed by atoms with van der Waals surface area (Å²) >= 11 is 0. The van der Waals surface area contributed by atoms with E-state index in [9.17, 15) is 4.79 Å². The maximum absolute atomic E-state index is 12.2. The summed E-state index contributed by atoms with van der Waals surface area (Å²) in [4.78, 5) is 12.2. The summed E-state index contributed by atoms with van der Waals surface area (Å²) in [6.45, 7) is 3.93. The quantitative estimate of drug-likeness (QED) is 0.838. The Morgan fingerprint density at radius 2 is 1.92 bits per heavy atom. The van der Waals surface area contributed by atoms with Crippen molar-refractivity contribution in [3.63, 3.8) is 0 Å². The molecule has 2 aromatic rings. The van der Waals surface area contributed by atoms with Gasteiger partial charge in [-0.15, -0.1) is 0 Å². The molecule has 0 saturated heterocycles. The molecule has 1 N–H and O–H groups in total. The van der Waals surface area contributed by atoms with Gasteiger partial charge in [0.2, 0.25) is 0 Å². The molecule has 0 unspecified atom stereocenters. The monoisotopic (exact) mass is 338 g/mol. The smallest absolute Gasteiger partial charge is 0.258 e.